The monoisotopic (exact) mass is 322 g/mol. The molecule has 0 bridgehead atoms. The summed E-state index contributed by atoms with van der Waals surface area (Å²) < 4.78 is 16.6. The van der Waals surface area contributed by atoms with E-state index in [0.717, 1.165) is 25.7 Å². The standard InChI is InChI=1S/C13H23BrO4/c1-4-6-7-8-10-11(12(15)16-5-2)18-13(3,9-14)17-10/h10-11H,4-9H2,1-3H3/t10-,11+,13?/m0/s1. The van der Waals surface area contributed by atoms with Crippen molar-refractivity contribution in [2.45, 2.75) is 64.4 Å². The van der Waals surface area contributed by atoms with Gasteiger partial charge in [0.15, 0.2) is 11.9 Å². The van der Waals surface area contributed by atoms with Crippen molar-refractivity contribution in [2.24, 2.45) is 0 Å². The van der Waals surface area contributed by atoms with Crippen molar-refractivity contribution in [3.05, 3.63) is 0 Å². The Morgan fingerprint density at radius 2 is 2.06 bits per heavy atom. The molecule has 0 aromatic heterocycles. The molecule has 5 heteroatoms. The second kappa shape index (κ2) is 7.46. The van der Waals surface area contributed by atoms with Crippen LogP contribution in [0.2, 0.25) is 0 Å². The molecule has 0 radical (unpaired) electrons. The predicted octanol–water partition coefficient (Wildman–Crippen LogP) is 3.02. The van der Waals surface area contributed by atoms with Crippen molar-refractivity contribution >= 4 is 21.9 Å². The third kappa shape index (κ3) is 4.21. The van der Waals surface area contributed by atoms with Crippen LogP contribution in [-0.4, -0.2) is 35.9 Å². The summed E-state index contributed by atoms with van der Waals surface area (Å²) >= 11 is 3.36. The lowest BCUT2D eigenvalue weighted by Crippen LogP contribution is -2.33. The first-order valence-corrected chi connectivity index (χ1v) is 7.76. The molecule has 18 heavy (non-hydrogen) atoms. The molecule has 0 aromatic rings. The van der Waals surface area contributed by atoms with Gasteiger partial charge in [-0.1, -0.05) is 42.1 Å². The van der Waals surface area contributed by atoms with Crippen LogP contribution >= 0.6 is 15.9 Å². The molecule has 0 N–H and O–H groups in total. The quantitative estimate of drug-likeness (QED) is 0.410. The Morgan fingerprint density at radius 3 is 2.61 bits per heavy atom. The van der Waals surface area contributed by atoms with E-state index in [-0.39, 0.29) is 12.1 Å². The SMILES string of the molecule is CCCCC[C@@H]1OC(C)(CBr)O[C@H]1C(=O)OCC. The van der Waals surface area contributed by atoms with Crippen LogP contribution in [0.4, 0.5) is 0 Å². The molecule has 1 fully saturated rings. The van der Waals surface area contributed by atoms with Gasteiger partial charge < -0.3 is 14.2 Å². The van der Waals surface area contributed by atoms with Gasteiger partial charge in [-0.2, -0.15) is 0 Å². The van der Waals surface area contributed by atoms with E-state index in [2.05, 4.69) is 22.9 Å². The van der Waals surface area contributed by atoms with E-state index in [1.165, 1.54) is 0 Å². The third-order valence-electron chi connectivity index (χ3n) is 2.97. The van der Waals surface area contributed by atoms with Gasteiger partial charge in [0.25, 0.3) is 0 Å². The maximum Gasteiger partial charge on any atom is 0.338 e. The van der Waals surface area contributed by atoms with Gasteiger partial charge in [0, 0.05) is 0 Å². The lowest BCUT2D eigenvalue weighted by Gasteiger charge is -2.19. The summed E-state index contributed by atoms with van der Waals surface area (Å²) in [6.07, 6.45) is 3.37. The molecule has 3 atom stereocenters. The average Bonchev–Trinajstić information content (AvgIpc) is 2.69. The van der Waals surface area contributed by atoms with Gasteiger partial charge in [0.1, 0.15) is 0 Å². The number of ether oxygens (including phenoxy) is 3. The largest absolute Gasteiger partial charge is 0.464 e. The number of hydrogen-bond donors (Lipinski definition) is 0. The minimum Gasteiger partial charge on any atom is -0.464 e. The summed E-state index contributed by atoms with van der Waals surface area (Å²) in [6, 6.07) is 0. The molecule has 1 aliphatic rings. The molecule has 0 amide bonds. The summed E-state index contributed by atoms with van der Waals surface area (Å²) in [7, 11) is 0. The Morgan fingerprint density at radius 1 is 1.33 bits per heavy atom. The zero-order chi connectivity index (χ0) is 13.6. The maximum absolute atomic E-state index is 11.8. The summed E-state index contributed by atoms with van der Waals surface area (Å²) in [5.74, 6) is -1.04. The summed E-state index contributed by atoms with van der Waals surface area (Å²) in [4.78, 5) is 11.8. The predicted molar refractivity (Wildman–Crippen MR) is 72.7 cm³/mol. The highest BCUT2D eigenvalue weighted by molar-refractivity contribution is 9.09. The fourth-order valence-electron chi connectivity index (χ4n) is 2.05. The van der Waals surface area contributed by atoms with Crippen molar-refractivity contribution in [3.63, 3.8) is 0 Å². The number of hydrogen-bond acceptors (Lipinski definition) is 4. The van der Waals surface area contributed by atoms with E-state index in [4.69, 9.17) is 14.2 Å². The smallest absolute Gasteiger partial charge is 0.338 e. The van der Waals surface area contributed by atoms with Gasteiger partial charge in [0.05, 0.1) is 18.0 Å². The molecule has 1 unspecified atom stereocenters. The highest BCUT2D eigenvalue weighted by atomic mass is 79.9. The topological polar surface area (TPSA) is 44.8 Å². The molecule has 1 saturated heterocycles. The Labute approximate surface area is 117 Å². The number of alkyl halides is 1. The van der Waals surface area contributed by atoms with Crippen LogP contribution in [0.5, 0.6) is 0 Å². The van der Waals surface area contributed by atoms with Gasteiger partial charge in [-0.05, 0) is 20.3 Å². The van der Waals surface area contributed by atoms with Crippen molar-refractivity contribution in [3.8, 4) is 0 Å². The normalized spacial score (nSPS) is 31.6. The number of carbonyl (C=O) groups is 1. The fourth-order valence-corrected chi connectivity index (χ4v) is 2.31. The Bertz CT molecular complexity index is 272. The lowest BCUT2D eigenvalue weighted by molar-refractivity contribution is -0.168. The molecule has 4 nitrogen and oxygen atoms in total. The molecule has 1 rings (SSSR count). The Balaban J connectivity index is 2.61. The fraction of sp³-hybridized carbons (Fsp3) is 0.923. The van der Waals surface area contributed by atoms with Gasteiger partial charge in [-0.3, -0.25) is 0 Å². The molecule has 0 aliphatic carbocycles. The first-order valence-electron chi connectivity index (χ1n) is 6.64. The number of carbonyl (C=O) groups excluding carboxylic acids is 1. The number of halogens is 1. The highest BCUT2D eigenvalue weighted by Crippen LogP contribution is 2.33. The lowest BCUT2D eigenvalue weighted by atomic mass is 10.1. The summed E-state index contributed by atoms with van der Waals surface area (Å²) in [5, 5.41) is 0.542. The summed E-state index contributed by atoms with van der Waals surface area (Å²) in [5.41, 5.74) is 0. The van der Waals surface area contributed by atoms with Crippen LogP contribution in [0.1, 0.15) is 46.5 Å². The number of rotatable bonds is 7. The molecule has 1 heterocycles. The van der Waals surface area contributed by atoms with Crippen molar-refractivity contribution in [2.75, 3.05) is 11.9 Å². The molecule has 0 aromatic carbocycles. The van der Waals surface area contributed by atoms with E-state index < -0.39 is 11.9 Å². The average molecular weight is 323 g/mol. The van der Waals surface area contributed by atoms with Crippen LogP contribution in [0, 0.1) is 0 Å². The molecule has 1 aliphatic heterocycles. The van der Waals surface area contributed by atoms with Crippen LogP contribution in [-0.2, 0) is 19.0 Å². The van der Waals surface area contributed by atoms with E-state index >= 15 is 0 Å². The number of esters is 1. The van der Waals surface area contributed by atoms with Gasteiger partial charge in [0.2, 0.25) is 0 Å². The van der Waals surface area contributed by atoms with Crippen molar-refractivity contribution in [1.29, 1.82) is 0 Å². The van der Waals surface area contributed by atoms with Gasteiger partial charge in [-0.15, -0.1) is 0 Å². The second-order valence-electron chi connectivity index (χ2n) is 4.71. The van der Waals surface area contributed by atoms with Gasteiger partial charge in [-0.25, -0.2) is 4.79 Å². The maximum atomic E-state index is 11.8. The first-order chi connectivity index (χ1) is 8.56. The zero-order valence-electron chi connectivity index (χ0n) is 11.4. The van der Waals surface area contributed by atoms with Crippen LogP contribution in [0.25, 0.3) is 0 Å². The van der Waals surface area contributed by atoms with Crippen LogP contribution < -0.4 is 0 Å². The van der Waals surface area contributed by atoms with E-state index in [1.54, 1.807) is 6.92 Å². The van der Waals surface area contributed by atoms with Crippen LogP contribution in [0.15, 0.2) is 0 Å². The van der Waals surface area contributed by atoms with Crippen molar-refractivity contribution in [1.82, 2.24) is 0 Å². The zero-order valence-corrected chi connectivity index (χ0v) is 13.0. The van der Waals surface area contributed by atoms with Crippen LogP contribution in [0.3, 0.4) is 0 Å². The first kappa shape index (κ1) is 15.9. The third-order valence-corrected chi connectivity index (χ3v) is 3.99. The Kier molecular flexibility index (Phi) is 6.60. The summed E-state index contributed by atoms with van der Waals surface area (Å²) in [6.45, 7) is 6.15. The minimum absolute atomic E-state index is 0.196. The molecule has 106 valence electrons. The highest BCUT2D eigenvalue weighted by Gasteiger charge is 2.47. The van der Waals surface area contributed by atoms with Gasteiger partial charge >= 0.3 is 5.97 Å². The minimum atomic E-state index is -0.728. The number of unbranched alkanes of at least 4 members (excludes halogenated alkanes) is 2. The van der Waals surface area contributed by atoms with E-state index in [9.17, 15) is 4.79 Å². The van der Waals surface area contributed by atoms with E-state index in [1.807, 2.05) is 6.92 Å². The molecular weight excluding hydrogens is 300 g/mol. The molecule has 0 saturated carbocycles. The van der Waals surface area contributed by atoms with E-state index in [0.29, 0.717) is 11.9 Å². The van der Waals surface area contributed by atoms with Crippen molar-refractivity contribution < 1.29 is 19.0 Å². The molecule has 0 spiro atoms. The molecular formula is C13H23BrO4. The second-order valence-corrected chi connectivity index (χ2v) is 5.27. The Hall–Kier alpha value is -0.130.